The molecule has 0 saturated heterocycles. The predicted octanol–water partition coefficient (Wildman–Crippen LogP) is 4.63. The Kier molecular flexibility index (Phi) is 9.00. The molecule has 2 N–H and O–H groups in total. The molecule has 1 aromatic rings. The van der Waals surface area contributed by atoms with E-state index in [4.69, 9.17) is 9.66 Å². The highest BCUT2D eigenvalue weighted by molar-refractivity contribution is 7.85. The molecule has 5 nitrogen and oxygen atoms in total. The molecule has 0 fully saturated rings. The molecular weight excluding hydrogens is 328 g/mol. The quantitative estimate of drug-likeness (QED) is 0.421. The second kappa shape index (κ2) is 10.5. The summed E-state index contributed by atoms with van der Waals surface area (Å²) in [6.45, 7) is 2.16. The molecule has 24 heavy (non-hydrogen) atoms. The first kappa shape index (κ1) is 20.6. The van der Waals surface area contributed by atoms with Crippen LogP contribution < -0.4 is 0 Å². The van der Waals surface area contributed by atoms with E-state index in [9.17, 15) is 13.2 Å². The maximum absolute atomic E-state index is 11.1. The van der Waals surface area contributed by atoms with Crippen molar-refractivity contribution >= 4 is 16.1 Å². The number of carboxylic acid groups (broad SMARTS) is 1. The number of carboxylic acids is 1. The second-order valence-electron chi connectivity index (χ2n) is 6.23. The first-order chi connectivity index (χ1) is 11.3. The Bertz CT molecular complexity index is 592. The van der Waals surface area contributed by atoms with Gasteiger partial charge in [-0.1, -0.05) is 51.2 Å². The highest BCUT2D eigenvalue weighted by Gasteiger charge is 2.14. The van der Waals surface area contributed by atoms with Crippen LogP contribution in [-0.4, -0.2) is 24.0 Å². The van der Waals surface area contributed by atoms with Gasteiger partial charge in [-0.05, 0) is 42.9 Å². The van der Waals surface area contributed by atoms with Gasteiger partial charge in [0.1, 0.15) is 0 Å². The highest BCUT2D eigenvalue weighted by atomic mass is 32.2. The van der Waals surface area contributed by atoms with Crippen LogP contribution in [0.2, 0.25) is 0 Å². The Balaban J connectivity index is 2.69. The van der Waals surface area contributed by atoms with Gasteiger partial charge in [0, 0.05) is 6.42 Å². The number of carbonyl (C=O) groups is 1. The van der Waals surface area contributed by atoms with Crippen molar-refractivity contribution < 1.29 is 22.9 Å². The number of unbranched alkanes of at least 4 members (excludes halogenated alkanes) is 4. The van der Waals surface area contributed by atoms with Crippen molar-refractivity contribution in [2.45, 2.75) is 75.5 Å². The predicted molar refractivity (Wildman–Crippen MR) is 93.9 cm³/mol. The monoisotopic (exact) mass is 356 g/mol. The maximum Gasteiger partial charge on any atom is 0.303 e. The minimum absolute atomic E-state index is 0.0955. The normalized spacial score (nSPS) is 12.9. The lowest BCUT2D eigenvalue weighted by atomic mass is 9.88. The number of hydrogen-bond acceptors (Lipinski definition) is 3. The van der Waals surface area contributed by atoms with E-state index in [1.54, 1.807) is 12.1 Å². The van der Waals surface area contributed by atoms with Gasteiger partial charge in [0.15, 0.2) is 0 Å². The van der Waals surface area contributed by atoms with Gasteiger partial charge < -0.3 is 5.11 Å². The molecule has 0 aliphatic rings. The van der Waals surface area contributed by atoms with Crippen molar-refractivity contribution in [2.75, 3.05) is 0 Å². The number of aliphatic carboxylic acids is 1. The molecule has 0 aliphatic heterocycles. The summed E-state index contributed by atoms with van der Waals surface area (Å²) < 4.78 is 31.3. The minimum atomic E-state index is -4.17. The first-order valence-electron chi connectivity index (χ1n) is 8.63. The zero-order valence-corrected chi connectivity index (χ0v) is 15.1. The van der Waals surface area contributed by atoms with Gasteiger partial charge in [-0.2, -0.15) is 8.42 Å². The van der Waals surface area contributed by atoms with E-state index in [2.05, 4.69) is 6.92 Å². The average Bonchev–Trinajstić information content (AvgIpc) is 2.52. The van der Waals surface area contributed by atoms with Crippen molar-refractivity contribution in [2.24, 2.45) is 0 Å². The van der Waals surface area contributed by atoms with E-state index in [0.717, 1.165) is 31.2 Å². The molecule has 0 spiro atoms. The fraction of sp³-hybridized carbons (Fsp3) is 0.611. The highest BCUT2D eigenvalue weighted by Crippen LogP contribution is 2.29. The summed E-state index contributed by atoms with van der Waals surface area (Å²) in [6, 6.07) is 6.37. The molecule has 1 aromatic carbocycles. The molecule has 0 aliphatic carbocycles. The van der Waals surface area contributed by atoms with Crippen molar-refractivity contribution in [1.82, 2.24) is 0 Å². The van der Waals surface area contributed by atoms with Gasteiger partial charge in [0.05, 0.1) is 4.90 Å². The fourth-order valence-corrected chi connectivity index (χ4v) is 3.35. The standard InChI is InChI=1S/C18H28O5S/c1-2-3-4-5-8-15(9-6-7-10-18(19)20)16-11-13-17(14-12-16)24(21,22)23/h11-15H,2-10H2,1H3,(H,19,20)(H,21,22,23). The summed E-state index contributed by atoms with van der Waals surface area (Å²) in [5.41, 5.74) is 1.05. The molecule has 1 unspecified atom stereocenters. The molecule has 6 heteroatoms. The topological polar surface area (TPSA) is 91.7 Å². The van der Waals surface area contributed by atoms with E-state index in [1.165, 1.54) is 31.4 Å². The maximum atomic E-state index is 11.1. The summed E-state index contributed by atoms with van der Waals surface area (Å²) in [6.07, 6.45) is 8.24. The van der Waals surface area contributed by atoms with Crippen LogP contribution in [0.4, 0.5) is 0 Å². The smallest absolute Gasteiger partial charge is 0.303 e. The van der Waals surface area contributed by atoms with E-state index in [-0.39, 0.29) is 11.3 Å². The number of rotatable bonds is 12. The summed E-state index contributed by atoms with van der Waals surface area (Å²) in [7, 11) is -4.17. The third-order valence-electron chi connectivity index (χ3n) is 4.25. The molecule has 136 valence electrons. The Morgan fingerprint density at radius 1 is 1.00 bits per heavy atom. The van der Waals surface area contributed by atoms with Gasteiger partial charge in [-0.15, -0.1) is 0 Å². The Morgan fingerprint density at radius 3 is 2.08 bits per heavy atom. The fourth-order valence-electron chi connectivity index (χ4n) is 2.87. The first-order valence-corrected chi connectivity index (χ1v) is 10.1. The largest absolute Gasteiger partial charge is 0.481 e. The van der Waals surface area contributed by atoms with E-state index in [1.807, 2.05) is 0 Å². The minimum Gasteiger partial charge on any atom is -0.481 e. The van der Waals surface area contributed by atoms with Gasteiger partial charge >= 0.3 is 5.97 Å². The van der Waals surface area contributed by atoms with Crippen LogP contribution in [0.5, 0.6) is 0 Å². The molecule has 1 rings (SSSR count). The van der Waals surface area contributed by atoms with Crippen molar-refractivity contribution in [1.29, 1.82) is 0 Å². The Hall–Kier alpha value is -1.40. The second-order valence-corrected chi connectivity index (χ2v) is 7.65. The molecule has 0 aromatic heterocycles. The van der Waals surface area contributed by atoms with Crippen molar-refractivity contribution in [3.8, 4) is 0 Å². The molecule has 1 atom stereocenters. The molecule has 0 amide bonds. The lowest BCUT2D eigenvalue weighted by Gasteiger charge is -2.17. The average molecular weight is 356 g/mol. The summed E-state index contributed by atoms with van der Waals surface area (Å²) >= 11 is 0. The molecule has 0 saturated carbocycles. The van der Waals surface area contributed by atoms with Crippen LogP contribution in [-0.2, 0) is 14.9 Å². The Morgan fingerprint density at radius 2 is 1.58 bits per heavy atom. The molecule has 0 radical (unpaired) electrons. The SMILES string of the molecule is CCCCCCC(CCCCC(=O)O)c1ccc(S(=O)(=O)O)cc1. The molecule has 0 bridgehead atoms. The lowest BCUT2D eigenvalue weighted by molar-refractivity contribution is -0.137. The zero-order valence-electron chi connectivity index (χ0n) is 14.3. The molecule has 0 heterocycles. The summed E-state index contributed by atoms with van der Waals surface area (Å²) in [5, 5.41) is 8.72. The zero-order chi connectivity index (χ0) is 18.0. The number of benzene rings is 1. The van der Waals surface area contributed by atoms with E-state index < -0.39 is 16.1 Å². The van der Waals surface area contributed by atoms with Gasteiger partial charge in [-0.25, -0.2) is 0 Å². The Labute approximate surface area is 144 Å². The van der Waals surface area contributed by atoms with Crippen LogP contribution in [0.25, 0.3) is 0 Å². The van der Waals surface area contributed by atoms with Crippen LogP contribution in [0.3, 0.4) is 0 Å². The van der Waals surface area contributed by atoms with Crippen LogP contribution in [0.1, 0.15) is 76.2 Å². The molecular formula is C18H28O5S. The van der Waals surface area contributed by atoms with Gasteiger partial charge in [0.25, 0.3) is 10.1 Å². The van der Waals surface area contributed by atoms with Crippen molar-refractivity contribution in [3.63, 3.8) is 0 Å². The van der Waals surface area contributed by atoms with E-state index >= 15 is 0 Å². The third-order valence-corrected chi connectivity index (χ3v) is 5.12. The van der Waals surface area contributed by atoms with Gasteiger partial charge in [-0.3, -0.25) is 9.35 Å². The lowest BCUT2D eigenvalue weighted by Crippen LogP contribution is -2.03. The van der Waals surface area contributed by atoms with Crippen LogP contribution in [0, 0.1) is 0 Å². The number of hydrogen-bond donors (Lipinski definition) is 2. The summed E-state index contributed by atoms with van der Waals surface area (Å²) in [4.78, 5) is 10.5. The summed E-state index contributed by atoms with van der Waals surface area (Å²) in [5.74, 6) is -0.474. The van der Waals surface area contributed by atoms with Gasteiger partial charge in [0.2, 0.25) is 0 Å². The van der Waals surface area contributed by atoms with E-state index in [0.29, 0.717) is 12.3 Å². The third kappa shape index (κ3) is 7.93. The van der Waals surface area contributed by atoms with Crippen LogP contribution in [0.15, 0.2) is 29.2 Å². The van der Waals surface area contributed by atoms with Crippen LogP contribution >= 0.6 is 0 Å². The van der Waals surface area contributed by atoms with Crippen molar-refractivity contribution in [3.05, 3.63) is 29.8 Å².